The zero-order valence-corrected chi connectivity index (χ0v) is 6.78. The summed E-state index contributed by atoms with van der Waals surface area (Å²) in [6, 6.07) is 0. The van der Waals surface area contributed by atoms with Gasteiger partial charge in [0.05, 0.1) is 0 Å². The molecule has 0 aromatic rings. The number of hydrogen-bond donors (Lipinski definition) is 0. The molecule has 0 bridgehead atoms. The molecular weight excluding hydrogens is 152 g/mol. The summed E-state index contributed by atoms with van der Waals surface area (Å²) in [5.41, 5.74) is 0. The summed E-state index contributed by atoms with van der Waals surface area (Å²) in [6.45, 7) is 0. The van der Waals surface area contributed by atoms with E-state index in [1.165, 1.54) is 23.3 Å². The molecule has 1 fully saturated rings. The maximum atomic E-state index is 3.57. The normalized spacial score (nSPS) is 22.2. The van der Waals surface area contributed by atoms with Crippen LogP contribution < -0.4 is 0 Å². The van der Waals surface area contributed by atoms with Crippen LogP contribution in [0.15, 0.2) is 0 Å². The monoisotopic (exact) mass is 158 g/mol. The Morgan fingerprint density at radius 2 is 2.17 bits per heavy atom. The van der Waals surface area contributed by atoms with Crippen molar-refractivity contribution in [1.29, 1.82) is 0 Å². The highest BCUT2D eigenvalue weighted by molar-refractivity contribution is 9.23. The quantitative estimate of drug-likeness (QED) is 0.513. The van der Waals surface area contributed by atoms with Gasteiger partial charge >= 0.3 is 18.2 Å². The predicted molar refractivity (Wildman–Crippen MR) is 32.3 cm³/mol. The van der Waals surface area contributed by atoms with Gasteiger partial charge in [0, 0.05) is 0 Å². The van der Waals surface area contributed by atoms with Crippen LogP contribution in [0.25, 0.3) is 0 Å². The molecule has 1 aliphatic carbocycles. The molecule has 2 heteroatoms. The Morgan fingerprint density at radius 1 is 1.50 bits per heavy atom. The van der Waals surface area contributed by atoms with E-state index in [4.69, 9.17) is 0 Å². The van der Waals surface area contributed by atoms with Crippen LogP contribution in [0, 0.1) is 0 Å². The first-order valence-electron chi connectivity index (χ1n) is 2.49. The van der Waals surface area contributed by atoms with E-state index in [9.17, 15) is 0 Å². The van der Waals surface area contributed by atoms with Crippen LogP contribution in [-0.4, -0.2) is 18.2 Å². The molecule has 1 rings (SSSR count). The molecule has 0 saturated heterocycles. The maximum absolute atomic E-state index is 3.57. The van der Waals surface area contributed by atoms with E-state index in [1.807, 2.05) is 0 Å². The lowest BCUT2D eigenvalue weighted by molar-refractivity contribution is 0.503. The molecule has 0 atom stereocenters. The van der Waals surface area contributed by atoms with Crippen LogP contribution in [0.1, 0.15) is 19.3 Å². The second kappa shape index (κ2) is 2.53. The van der Waals surface area contributed by atoms with Gasteiger partial charge in [-0.25, -0.2) is 0 Å². The lowest BCUT2D eigenvalue weighted by Gasteiger charge is -2.22. The fourth-order valence-electron chi connectivity index (χ4n) is 0.647. The third-order valence-electron chi connectivity index (χ3n) is 1.44. The van der Waals surface area contributed by atoms with Gasteiger partial charge in [0.15, 0.2) is 0 Å². The number of rotatable bonds is 1. The molecular formula is C4H7BrMg. The molecule has 1 aliphatic rings. The van der Waals surface area contributed by atoms with Gasteiger partial charge in [-0.05, 0) is 0 Å². The second-order valence-corrected chi connectivity index (χ2v) is 5.36. The lowest BCUT2D eigenvalue weighted by atomic mass is 9.99. The molecule has 0 unspecified atom stereocenters. The third-order valence-corrected chi connectivity index (χ3v) is 5.44. The van der Waals surface area contributed by atoms with Gasteiger partial charge in [0.2, 0.25) is 0 Å². The van der Waals surface area contributed by atoms with E-state index < -0.39 is 0 Å². The van der Waals surface area contributed by atoms with Crippen molar-refractivity contribution in [3.05, 3.63) is 0 Å². The SMILES string of the molecule is [Br][Mg][CH]1CCC1. The molecule has 0 spiro atoms. The number of halogens is 1. The largest absolute Gasteiger partial charge is 0.471 e. The fraction of sp³-hybridized carbons (Fsp3) is 1.00. The van der Waals surface area contributed by atoms with Gasteiger partial charge in [-0.15, -0.1) is 4.05 Å². The molecule has 0 nitrogen and oxygen atoms in total. The topological polar surface area (TPSA) is 0 Å². The number of hydrogen-bond acceptors (Lipinski definition) is 0. The summed E-state index contributed by atoms with van der Waals surface area (Å²) in [7, 11) is 0. The molecule has 0 N–H and O–H groups in total. The van der Waals surface area contributed by atoms with Crippen LogP contribution in [0.5, 0.6) is 0 Å². The Kier molecular flexibility index (Phi) is 2.27. The first-order chi connectivity index (χ1) is 2.93. The average molecular weight is 159 g/mol. The highest BCUT2D eigenvalue weighted by atomic mass is 79.9. The second-order valence-electron chi connectivity index (χ2n) is 1.95. The van der Waals surface area contributed by atoms with Gasteiger partial charge < -0.3 is 12.9 Å². The van der Waals surface area contributed by atoms with Gasteiger partial charge in [-0.3, -0.25) is 0 Å². The highest BCUT2D eigenvalue weighted by Crippen LogP contribution is 2.32. The van der Waals surface area contributed by atoms with Gasteiger partial charge in [0.25, 0.3) is 0 Å². The van der Waals surface area contributed by atoms with Crippen LogP contribution in [0.2, 0.25) is 4.05 Å². The van der Waals surface area contributed by atoms with Crippen molar-refractivity contribution in [3.8, 4) is 0 Å². The molecule has 1 saturated carbocycles. The van der Waals surface area contributed by atoms with Crippen LogP contribution >= 0.6 is 12.9 Å². The van der Waals surface area contributed by atoms with E-state index in [0.29, 0.717) is 0 Å². The molecule has 6 heavy (non-hydrogen) atoms. The zero-order valence-electron chi connectivity index (χ0n) is 3.78. The first kappa shape index (κ1) is 5.38. The van der Waals surface area contributed by atoms with Gasteiger partial charge in [-0.1, -0.05) is 19.3 Å². The van der Waals surface area contributed by atoms with E-state index in [0.717, 1.165) is 0 Å². The van der Waals surface area contributed by atoms with Crippen LogP contribution in [-0.2, 0) is 0 Å². The molecule has 0 radical (unpaired) electrons. The Hall–Kier alpha value is 1.25. The smallest absolute Gasteiger partial charge is 0.306 e. The summed E-state index contributed by atoms with van der Waals surface area (Å²) < 4.78 is 1.17. The Morgan fingerprint density at radius 3 is 2.17 bits per heavy atom. The minimum atomic E-state index is 0.238. The van der Waals surface area contributed by atoms with Crippen molar-refractivity contribution < 1.29 is 0 Å². The molecule has 0 aliphatic heterocycles. The molecule has 0 aromatic carbocycles. The van der Waals surface area contributed by atoms with Crippen LogP contribution in [0.4, 0.5) is 0 Å². The standard InChI is InChI=1S/C4H7.BrH.Mg/c1-2-4-3-1;;/h1H,2-4H2;1H;/q;;+1/p-1. The van der Waals surface area contributed by atoms with E-state index in [-0.39, 0.29) is 18.2 Å². The van der Waals surface area contributed by atoms with E-state index in [2.05, 4.69) is 12.9 Å². The fourth-order valence-corrected chi connectivity index (χ4v) is 3.48. The molecule has 0 heterocycles. The molecule has 0 amide bonds. The predicted octanol–water partition coefficient (Wildman–Crippen LogP) is 1.97. The summed E-state index contributed by atoms with van der Waals surface area (Å²) in [5, 5.41) is 0. The summed E-state index contributed by atoms with van der Waals surface area (Å²) in [5.74, 6) is 0. The van der Waals surface area contributed by atoms with E-state index >= 15 is 0 Å². The van der Waals surface area contributed by atoms with Gasteiger partial charge in [0.1, 0.15) is 0 Å². The minimum absolute atomic E-state index is 0.238. The maximum Gasteiger partial charge on any atom is 0.471 e. The van der Waals surface area contributed by atoms with Crippen molar-refractivity contribution in [2.45, 2.75) is 23.3 Å². The summed E-state index contributed by atoms with van der Waals surface area (Å²) in [6.07, 6.45) is 4.55. The van der Waals surface area contributed by atoms with Crippen molar-refractivity contribution in [2.24, 2.45) is 0 Å². The summed E-state index contributed by atoms with van der Waals surface area (Å²) >= 11 is 3.80. The minimum Gasteiger partial charge on any atom is -0.306 e. The highest BCUT2D eigenvalue weighted by Gasteiger charge is 2.16. The Labute approximate surface area is 54.3 Å². The Bertz CT molecular complexity index is 40.1. The van der Waals surface area contributed by atoms with Crippen molar-refractivity contribution in [1.82, 2.24) is 0 Å². The Balaban J connectivity index is 2.01. The van der Waals surface area contributed by atoms with Crippen molar-refractivity contribution in [2.75, 3.05) is 0 Å². The lowest BCUT2D eigenvalue weighted by Crippen LogP contribution is -2.06. The van der Waals surface area contributed by atoms with Crippen LogP contribution in [0.3, 0.4) is 0 Å². The van der Waals surface area contributed by atoms with Crippen molar-refractivity contribution >= 4 is 31.1 Å². The summed E-state index contributed by atoms with van der Waals surface area (Å²) in [4.78, 5) is 0. The van der Waals surface area contributed by atoms with Gasteiger partial charge in [-0.2, -0.15) is 0 Å². The van der Waals surface area contributed by atoms with Crippen molar-refractivity contribution in [3.63, 3.8) is 0 Å². The van der Waals surface area contributed by atoms with E-state index in [1.54, 1.807) is 0 Å². The zero-order chi connectivity index (χ0) is 4.41. The first-order valence-corrected chi connectivity index (χ1v) is 7.21. The average Bonchev–Trinajstić information content (AvgIpc) is 1.31. The molecule has 32 valence electrons. The molecule has 0 aromatic heterocycles. The third kappa shape index (κ3) is 1.11.